The molecule has 0 spiro atoms. The number of carbonyl (C=O) groups is 3. The molecule has 0 bridgehead atoms. The molecule has 3 aliphatic rings. The van der Waals surface area contributed by atoms with Crippen molar-refractivity contribution in [3.8, 4) is 23.0 Å². The van der Waals surface area contributed by atoms with Gasteiger partial charge in [-0.25, -0.2) is 15.4 Å². The zero-order valence-corrected chi connectivity index (χ0v) is 34.4. The summed E-state index contributed by atoms with van der Waals surface area (Å²) in [5.41, 5.74) is 6.11. The van der Waals surface area contributed by atoms with Crippen LogP contribution in [0.2, 0.25) is 0 Å². The molecule has 17 nitrogen and oxygen atoms in total. The third-order valence-electron chi connectivity index (χ3n) is 11.7. The molecule has 4 heterocycles. The molecule has 2 aromatic heterocycles. The summed E-state index contributed by atoms with van der Waals surface area (Å²) in [6.07, 6.45) is 1.41. The monoisotopic (exact) mass is 826 g/mol. The number of nitrogens with zero attached hydrogens (tertiary/aromatic N) is 3. The number of benzene rings is 3. The van der Waals surface area contributed by atoms with Crippen LogP contribution < -0.4 is 30.2 Å². The van der Waals surface area contributed by atoms with Gasteiger partial charge in [0, 0.05) is 53.6 Å². The number of anilines is 1. The smallest absolute Gasteiger partial charge is 0.497 e. The van der Waals surface area contributed by atoms with Crippen molar-refractivity contribution < 1.29 is 52.3 Å². The molecule has 60 heavy (non-hydrogen) atoms. The van der Waals surface area contributed by atoms with E-state index < -0.39 is 36.2 Å². The molecule has 4 N–H and O–H groups in total. The minimum absolute atomic E-state index is 0.0356. The van der Waals surface area contributed by atoms with Crippen LogP contribution in [0.3, 0.4) is 0 Å². The predicted molar refractivity (Wildman–Crippen MR) is 219 cm³/mol. The number of carbonyl (C=O) groups excluding carboxylic acids is 3. The number of aromatic nitrogens is 3. The van der Waals surface area contributed by atoms with Gasteiger partial charge in [0.05, 0.1) is 58.8 Å². The highest BCUT2D eigenvalue weighted by Gasteiger charge is 2.54. The molecule has 2 fully saturated rings. The third-order valence-corrected chi connectivity index (χ3v) is 11.7. The topological polar surface area (TPSA) is 208 Å². The molecule has 2 aliphatic heterocycles. The fourth-order valence-electron chi connectivity index (χ4n) is 9.03. The highest BCUT2D eigenvalue weighted by atomic mass is 16.7. The van der Waals surface area contributed by atoms with Gasteiger partial charge in [0.25, 0.3) is 0 Å². The molecule has 1 saturated heterocycles. The molecule has 0 unspecified atom stereocenters. The van der Waals surface area contributed by atoms with Crippen LogP contribution in [0.5, 0.6) is 23.0 Å². The van der Waals surface area contributed by atoms with Crippen LogP contribution in [-0.2, 0) is 30.2 Å². The van der Waals surface area contributed by atoms with Crippen LogP contribution in [0.25, 0.3) is 21.7 Å². The number of hydrazine groups is 1. The van der Waals surface area contributed by atoms with Gasteiger partial charge in [0.2, 0.25) is 5.75 Å². The van der Waals surface area contributed by atoms with E-state index in [4.69, 9.17) is 43.7 Å². The summed E-state index contributed by atoms with van der Waals surface area (Å²) >= 11 is 0. The molecule has 0 radical (unpaired) electrons. The highest BCUT2D eigenvalue weighted by Crippen LogP contribution is 2.51. The van der Waals surface area contributed by atoms with E-state index >= 15 is 0 Å². The fourth-order valence-corrected chi connectivity index (χ4v) is 9.03. The maximum atomic E-state index is 13.7. The van der Waals surface area contributed by atoms with E-state index in [0.717, 1.165) is 48.0 Å². The molecule has 0 amide bonds. The largest absolute Gasteiger partial charge is 0.514 e. The van der Waals surface area contributed by atoms with Gasteiger partial charge in [-0.3, -0.25) is 9.69 Å². The molecule has 17 heteroatoms. The van der Waals surface area contributed by atoms with E-state index in [1.165, 1.54) is 57.2 Å². The Balaban J connectivity index is 0.000000387. The van der Waals surface area contributed by atoms with E-state index in [2.05, 4.69) is 31.6 Å². The Hall–Kier alpha value is -6.17. The number of esters is 2. The fraction of sp³-hybridized carbons (Fsp3) is 0.419. The van der Waals surface area contributed by atoms with Crippen LogP contribution in [0.1, 0.15) is 47.4 Å². The number of H-pyrrole nitrogens is 1. The van der Waals surface area contributed by atoms with Crippen molar-refractivity contribution in [2.45, 2.75) is 44.4 Å². The maximum absolute atomic E-state index is 13.7. The standard InChI is InChI=1S/C35H42N2O11.C8H8N4/c1-7-46-35(40)48-31-26(42-3)12-18(13-27(31)43-4)33(38)47-28-14-19-17-37-11-10-22-21-9-8-20(41-2)15-24(21)36-30(22)25(37)16-23(19)29(32(28)44-5)34(39)45-6;9-11-8-7-4-2-1-3-6(7)5-10-12-8/h8-9,12-13,15,19,23,25,28-29,32,36H,7,10-11,14,16-17H2,1-6H3;1-5H,9H2,(H,11,12)/t19-,23+,25-,28-,29+,32+;/m1./s1. The lowest BCUT2D eigenvalue weighted by Crippen LogP contribution is -2.58. The first-order chi connectivity index (χ1) is 29.2. The van der Waals surface area contributed by atoms with Crippen molar-refractivity contribution in [3.63, 3.8) is 0 Å². The summed E-state index contributed by atoms with van der Waals surface area (Å²) in [5.74, 6) is 5.03. The number of hydrogen-bond donors (Lipinski definition) is 3. The molecule has 6 atom stereocenters. The Morgan fingerprint density at radius 3 is 2.40 bits per heavy atom. The zero-order valence-electron chi connectivity index (χ0n) is 34.4. The molecule has 1 aliphatic carbocycles. The van der Waals surface area contributed by atoms with Crippen LogP contribution in [0, 0.1) is 17.8 Å². The number of aromatic amines is 1. The number of fused-ring (bicyclic) bond motifs is 7. The predicted octanol–water partition coefficient (Wildman–Crippen LogP) is 5.61. The minimum atomic E-state index is -0.942. The molecular formula is C43H50N6O11. The molecular weight excluding hydrogens is 777 g/mol. The summed E-state index contributed by atoms with van der Waals surface area (Å²) in [5, 5.41) is 10.8. The van der Waals surface area contributed by atoms with E-state index in [1.54, 1.807) is 20.2 Å². The van der Waals surface area contributed by atoms with E-state index in [9.17, 15) is 14.4 Å². The highest BCUT2D eigenvalue weighted by molar-refractivity contribution is 5.92. The van der Waals surface area contributed by atoms with E-state index in [0.29, 0.717) is 12.2 Å². The number of piperidine rings is 1. The lowest BCUT2D eigenvalue weighted by molar-refractivity contribution is -0.176. The van der Waals surface area contributed by atoms with Gasteiger partial charge in [0.1, 0.15) is 18.0 Å². The molecule has 3 aromatic carbocycles. The van der Waals surface area contributed by atoms with Gasteiger partial charge in [-0.05, 0) is 67.9 Å². The number of ether oxygens (including phenoxy) is 8. The van der Waals surface area contributed by atoms with Crippen LogP contribution >= 0.6 is 0 Å². The van der Waals surface area contributed by atoms with Crippen LogP contribution in [-0.4, -0.2) is 106 Å². The Morgan fingerprint density at radius 1 is 0.950 bits per heavy atom. The second-order valence-corrected chi connectivity index (χ2v) is 14.7. The number of rotatable bonds is 10. The van der Waals surface area contributed by atoms with Crippen molar-refractivity contribution in [2.75, 3.05) is 60.7 Å². The average molecular weight is 827 g/mol. The lowest BCUT2D eigenvalue weighted by atomic mass is 9.63. The summed E-state index contributed by atoms with van der Waals surface area (Å²) in [7, 11) is 7.30. The Kier molecular flexibility index (Phi) is 12.9. The van der Waals surface area contributed by atoms with Gasteiger partial charge < -0.3 is 48.3 Å². The van der Waals surface area contributed by atoms with Gasteiger partial charge in [-0.1, -0.05) is 24.3 Å². The molecule has 5 aromatic rings. The maximum Gasteiger partial charge on any atom is 0.514 e. The normalized spacial score (nSPS) is 21.9. The Labute approximate surface area is 346 Å². The number of nitrogen functional groups attached to an aromatic ring is 1. The van der Waals surface area contributed by atoms with Crippen LogP contribution in [0.4, 0.5) is 10.6 Å². The summed E-state index contributed by atoms with van der Waals surface area (Å²) in [4.78, 5) is 45.3. The SMILES string of the molecule is CCOC(=O)Oc1c(OC)cc(C(=O)O[C@@H]2C[C@@H]3CN4CCc5c([nH]c6cc(OC)ccc56)[C@H]4C[C@@H]3[C@H](C(=O)OC)[C@H]2OC)cc1OC.NNc1nncc2ccccc12. The Bertz CT molecular complexity index is 2320. The summed E-state index contributed by atoms with van der Waals surface area (Å²) in [6, 6.07) is 16.8. The van der Waals surface area contributed by atoms with Gasteiger partial charge in [-0.2, -0.15) is 5.10 Å². The van der Waals surface area contributed by atoms with Crippen molar-refractivity contribution in [3.05, 3.63) is 77.6 Å². The number of nitrogens with one attached hydrogen (secondary N) is 2. The zero-order chi connectivity index (χ0) is 42.5. The van der Waals surface area contributed by atoms with Crippen molar-refractivity contribution in [1.29, 1.82) is 0 Å². The molecule has 8 rings (SSSR count). The first kappa shape index (κ1) is 42.0. The number of hydrogen-bond acceptors (Lipinski definition) is 16. The van der Waals surface area contributed by atoms with E-state index in [1.807, 2.05) is 36.4 Å². The van der Waals surface area contributed by atoms with Gasteiger partial charge >= 0.3 is 18.1 Å². The van der Waals surface area contributed by atoms with Crippen molar-refractivity contribution in [2.24, 2.45) is 23.6 Å². The number of methoxy groups -OCH3 is 5. The average Bonchev–Trinajstić information content (AvgIpc) is 3.66. The van der Waals surface area contributed by atoms with Crippen molar-refractivity contribution in [1.82, 2.24) is 20.1 Å². The Morgan fingerprint density at radius 2 is 1.72 bits per heavy atom. The number of nitrogens with two attached hydrogens (primary N) is 1. The van der Waals surface area contributed by atoms with Crippen LogP contribution in [0.15, 0.2) is 60.8 Å². The lowest BCUT2D eigenvalue weighted by Gasteiger charge is -2.52. The van der Waals surface area contributed by atoms with Gasteiger partial charge in [0.15, 0.2) is 17.3 Å². The minimum Gasteiger partial charge on any atom is -0.497 e. The van der Waals surface area contributed by atoms with E-state index in [-0.39, 0.29) is 47.3 Å². The summed E-state index contributed by atoms with van der Waals surface area (Å²) in [6.45, 7) is 3.37. The summed E-state index contributed by atoms with van der Waals surface area (Å²) < 4.78 is 43.8. The second-order valence-electron chi connectivity index (χ2n) is 14.7. The molecule has 1 saturated carbocycles. The van der Waals surface area contributed by atoms with Gasteiger partial charge in [-0.15, -0.1) is 5.10 Å². The first-order valence-electron chi connectivity index (χ1n) is 19.7. The molecule has 318 valence electrons. The first-order valence-corrected chi connectivity index (χ1v) is 19.7. The quantitative estimate of drug-likeness (QED) is 0.0514. The van der Waals surface area contributed by atoms with Crippen molar-refractivity contribution >= 4 is 45.6 Å². The second kappa shape index (κ2) is 18.4. The third kappa shape index (κ3) is 8.20.